The lowest BCUT2D eigenvalue weighted by Crippen LogP contribution is -2.29. The molecule has 3 atom stereocenters. The van der Waals surface area contributed by atoms with Crippen molar-refractivity contribution in [2.45, 2.75) is 238 Å². The standard InChI is InChI=1S/C45H87O10P/c1-3-5-7-9-11-13-15-17-19-21-23-24-26-28-30-32-34-36-44(48)52-40-43(41-54-56(50,51)53-39-42(47)38-46)55-45(49)37-35-33-31-29-27-25-22-20-18-16-14-12-10-8-6-4-2/h13,15,42-43,46-47H,3-12,14,16-41H2,1-2H3,(H,50,51)/b15-13+/t42-,43+/m0/s1. The second-order valence-electron chi connectivity index (χ2n) is 15.8. The summed E-state index contributed by atoms with van der Waals surface area (Å²) in [6, 6.07) is 0. The van der Waals surface area contributed by atoms with Gasteiger partial charge in [-0.1, -0.05) is 187 Å². The molecule has 0 heterocycles. The van der Waals surface area contributed by atoms with Crippen molar-refractivity contribution in [3.63, 3.8) is 0 Å². The molecule has 0 aliphatic rings. The number of unbranched alkanes of at least 4 members (excludes halogenated alkanes) is 28. The minimum atomic E-state index is -4.61. The second-order valence-corrected chi connectivity index (χ2v) is 17.2. The molecule has 0 aliphatic carbocycles. The molecule has 3 N–H and O–H groups in total. The number of allylic oxidation sites excluding steroid dienone is 2. The van der Waals surface area contributed by atoms with Gasteiger partial charge in [-0.2, -0.15) is 0 Å². The quantitative estimate of drug-likeness (QED) is 0.0235. The van der Waals surface area contributed by atoms with E-state index in [2.05, 4.69) is 26.0 Å². The molecule has 0 aromatic heterocycles. The van der Waals surface area contributed by atoms with E-state index >= 15 is 0 Å². The van der Waals surface area contributed by atoms with Crippen LogP contribution in [0.1, 0.15) is 226 Å². The summed E-state index contributed by atoms with van der Waals surface area (Å²) in [4.78, 5) is 35.0. The lowest BCUT2D eigenvalue weighted by Gasteiger charge is -2.20. The number of hydrogen-bond donors (Lipinski definition) is 3. The summed E-state index contributed by atoms with van der Waals surface area (Å²) in [5.41, 5.74) is 0. The number of hydrogen-bond acceptors (Lipinski definition) is 9. The summed E-state index contributed by atoms with van der Waals surface area (Å²) in [7, 11) is -4.61. The predicted molar refractivity (Wildman–Crippen MR) is 229 cm³/mol. The number of esters is 2. The number of aliphatic hydroxyl groups is 2. The van der Waals surface area contributed by atoms with E-state index in [0.29, 0.717) is 12.8 Å². The van der Waals surface area contributed by atoms with E-state index in [9.17, 15) is 24.2 Å². The molecule has 0 saturated heterocycles. The van der Waals surface area contributed by atoms with Crippen LogP contribution >= 0.6 is 7.82 Å². The zero-order valence-electron chi connectivity index (χ0n) is 36.1. The van der Waals surface area contributed by atoms with Crippen molar-refractivity contribution >= 4 is 19.8 Å². The van der Waals surface area contributed by atoms with Crippen LogP contribution in [0.2, 0.25) is 0 Å². The Labute approximate surface area is 343 Å². The largest absolute Gasteiger partial charge is 0.472 e. The SMILES string of the molecule is CCCCCC/C=C/CCCCCCCCCCCC(=O)OC[C@H](COP(=O)(O)OC[C@@H](O)CO)OC(=O)CCCCCCCCCCCCCCCCCC. The van der Waals surface area contributed by atoms with E-state index in [1.54, 1.807) is 0 Å². The highest BCUT2D eigenvalue weighted by molar-refractivity contribution is 7.47. The van der Waals surface area contributed by atoms with Crippen LogP contribution in [0.5, 0.6) is 0 Å². The Hall–Kier alpha value is -1.29. The van der Waals surface area contributed by atoms with Crippen molar-refractivity contribution in [1.29, 1.82) is 0 Å². The molecule has 0 aromatic carbocycles. The number of carbonyl (C=O) groups excluding carboxylic acids is 2. The van der Waals surface area contributed by atoms with Crippen LogP contribution in [0.4, 0.5) is 0 Å². The molecular weight excluding hydrogens is 731 g/mol. The molecule has 0 saturated carbocycles. The van der Waals surface area contributed by atoms with Crippen molar-refractivity contribution in [2.75, 3.05) is 26.4 Å². The van der Waals surface area contributed by atoms with Gasteiger partial charge >= 0.3 is 19.8 Å². The second kappa shape index (κ2) is 41.9. The Balaban J connectivity index is 4.22. The van der Waals surface area contributed by atoms with Gasteiger partial charge in [-0.15, -0.1) is 0 Å². The maximum absolute atomic E-state index is 12.6. The zero-order valence-corrected chi connectivity index (χ0v) is 37.0. The first-order valence-electron chi connectivity index (χ1n) is 23.1. The fraction of sp³-hybridized carbons (Fsp3) is 0.911. The molecule has 0 aliphatic heterocycles. The lowest BCUT2D eigenvalue weighted by atomic mass is 10.0. The molecule has 0 bridgehead atoms. The highest BCUT2D eigenvalue weighted by atomic mass is 31.2. The van der Waals surface area contributed by atoms with E-state index < -0.39 is 51.8 Å². The van der Waals surface area contributed by atoms with E-state index in [-0.39, 0.29) is 19.4 Å². The average Bonchev–Trinajstić information content (AvgIpc) is 3.19. The number of aliphatic hydroxyl groups excluding tert-OH is 2. The predicted octanol–water partition coefficient (Wildman–Crippen LogP) is 12.4. The first-order chi connectivity index (χ1) is 27.2. The van der Waals surface area contributed by atoms with E-state index in [1.807, 2.05) is 0 Å². The summed E-state index contributed by atoms with van der Waals surface area (Å²) in [6.07, 6.45) is 40.3. The third-order valence-electron chi connectivity index (χ3n) is 10.2. The molecule has 0 fully saturated rings. The van der Waals surface area contributed by atoms with Crippen LogP contribution in [-0.2, 0) is 32.7 Å². The van der Waals surface area contributed by atoms with Crippen molar-refractivity contribution in [3.8, 4) is 0 Å². The van der Waals surface area contributed by atoms with Gasteiger partial charge in [0.15, 0.2) is 6.10 Å². The number of rotatable bonds is 44. The van der Waals surface area contributed by atoms with E-state index in [1.165, 1.54) is 148 Å². The molecule has 0 rings (SSSR count). The maximum atomic E-state index is 12.6. The van der Waals surface area contributed by atoms with Crippen LogP contribution < -0.4 is 0 Å². The Kier molecular flexibility index (Phi) is 40.9. The van der Waals surface area contributed by atoms with Crippen molar-refractivity contribution in [3.05, 3.63) is 12.2 Å². The number of phosphoric acid groups is 1. The number of carbonyl (C=O) groups is 2. The topological polar surface area (TPSA) is 149 Å². The Morgan fingerprint density at radius 3 is 1.30 bits per heavy atom. The van der Waals surface area contributed by atoms with Crippen LogP contribution in [-0.4, -0.2) is 65.7 Å². The molecule has 11 heteroatoms. The normalized spacial score (nSPS) is 13.9. The van der Waals surface area contributed by atoms with Gasteiger partial charge in [-0.3, -0.25) is 18.6 Å². The van der Waals surface area contributed by atoms with E-state index in [4.69, 9.17) is 23.6 Å². The molecule has 0 radical (unpaired) electrons. The van der Waals surface area contributed by atoms with Crippen LogP contribution in [0.15, 0.2) is 12.2 Å². The third kappa shape index (κ3) is 40.9. The molecule has 0 aromatic rings. The molecular formula is C45H87O10P. The van der Waals surface area contributed by atoms with Crippen LogP contribution in [0, 0.1) is 0 Å². The van der Waals surface area contributed by atoms with Gasteiger partial charge in [0.25, 0.3) is 0 Å². The van der Waals surface area contributed by atoms with Crippen molar-refractivity contribution in [2.24, 2.45) is 0 Å². The van der Waals surface area contributed by atoms with Crippen molar-refractivity contribution < 1.29 is 47.8 Å². The maximum Gasteiger partial charge on any atom is 0.472 e. The summed E-state index contributed by atoms with van der Waals surface area (Å²) in [5, 5.41) is 18.3. The smallest absolute Gasteiger partial charge is 0.462 e. The van der Waals surface area contributed by atoms with E-state index in [0.717, 1.165) is 38.5 Å². The van der Waals surface area contributed by atoms with Gasteiger partial charge in [0, 0.05) is 12.8 Å². The monoisotopic (exact) mass is 819 g/mol. The summed E-state index contributed by atoms with van der Waals surface area (Å²) in [5.74, 6) is -0.914. The average molecular weight is 819 g/mol. The lowest BCUT2D eigenvalue weighted by molar-refractivity contribution is -0.161. The summed E-state index contributed by atoms with van der Waals surface area (Å²) < 4.78 is 32.8. The van der Waals surface area contributed by atoms with Gasteiger partial charge in [-0.05, 0) is 38.5 Å². The van der Waals surface area contributed by atoms with Gasteiger partial charge in [0.05, 0.1) is 19.8 Å². The molecule has 56 heavy (non-hydrogen) atoms. The van der Waals surface area contributed by atoms with Crippen LogP contribution in [0.3, 0.4) is 0 Å². The minimum Gasteiger partial charge on any atom is -0.462 e. The number of phosphoric ester groups is 1. The van der Waals surface area contributed by atoms with Crippen molar-refractivity contribution in [1.82, 2.24) is 0 Å². The molecule has 332 valence electrons. The number of ether oxygens (including phenoxy) is 2. The van der Waals surface area contributed by atoms with Gasteiger partial charge < -0.3 is 24.6 Å². The summed E-state index contributed by atoms with van der Waals surface area (Å²) >= 11 is 0. The van der Waals surface area contributed by atoms with Crippen LogP contribution in [0.25, 0.3) is 0 Å². The first kappa shape index (κ1) is 54.7. The Morgan fingerprint density at radius 1 is 0.518 bits per heavy atom. The molecule has 0 amide bonds. The van der Waals surface area contributed by atoms with Gasteiger partial charge in [-0.25, -0.2) is 4.57 Å². The minimum absolute atomic E-state index is 0.190. The molecule has 10 nitrogen and oxygen atoms in total. The molecule has 1 unspecified atom stereocenters. The highest BCUT2D eigenvalue weighted by Gasteiger charge is 2.27. The third-order valence-corrected chi connectivity index (χ3v) is 11.1. The van der Waals surface area contributed by atoms with Gasteiger partial charge in [0.1, 0.15) is 12.7 Å². The first-order valence-corrected chi connectivity index (χ1v) is 24.6. The van der Waals surface area contributed by atoms with Gasteiger partial charge in [0.2, 0.25) is 0 Å². The zero-order chi connectivity index (χ0) is 41.2. The molecule has 0 spiro atoms. The fourth-order valence-electron chi connectivity index (χ4n) is 6.58. The Morgan fingerprint density at radius 2 is 0.875 bits per heavy atom. The summed E-state index contributed by atoms with van der Waals surface area (Å²) in [6.45, 7) is 2.41. The Bertz CT molecular complexity index is 946. The highest BCUT2D eigenvalue weighted by Crippen LogP contribution is 2.43. The fourth-order valence-corrected chi connectivity index (χ4v) is 7.37.